The summed E-state index contributed by atoms with van der Waals surface area (Å²) in [5.41, 5.74) is 6.41. The summed E-state index contributed by atoms with van der Waals surface area (Å²) in [6, 6.07) is 6.82. The SMILES string of the molecule is NC(=S)Cc1ccc(S(=O)(=O)N2CCCCC2)cc1. The minimum absolute atomic E-state index is 0.348. The lowest BCUT2D eigenvalue weighted by atomic mass is 10.1. The maximum atomic E-state index is 12.4. The number of sulfonamides is 1. The van der Waals surface area contributed by atoms with Crippen LogP contribution in [0.25, 0.3) is 0 Å². The highest BCUT2D eigenvalue weighted by atomic mass is 32.2. The van der Waals surface area contributed by atoms with Crippen molar-refractivity contribution in [3.8, 4) is 0 Å². The third-order valence-corrected chi connectivity index (χ3v) is 5.31. The fourth-order valence-corrected chi connectivity index (χ4v) is 3.92. The van der Waals surface area contributed by atoms with Gasteiger partial charge in [0, 0.05) is 19.5 Å². The zero-order chi connectivity index (χ0) is 13.9. The molecule has 1 saturated heterocycles. The van der Waals surface area contributed by atoms with Crippen LogP contribution in [0, 0.1) is 0 Å². The second-order valence-electron chi connectivity index (χ2n) is 4.75. The Kier molecular flexibility index (Phi) is 4.54. The van der Waals surface area contributed by atoms with Crippen LogP contribution in [0.3, 0.4) is 0 Å². The van der Waals surface area contributed by atoms with Gasteiger partial charge in [0.1, 0.15) is 0 Å². The Morgan fingerprint density at radius 2 is 1.74 bits per heavy atom. The number of rotatable bonds is 4. The Hall–Kier alpha value is -0.980. The summed E-state index contributed by atoms with van der Waals surface area (Å²) in [7, 11) is -3.34. The van der Waals surface area contributed by atoms with Crippen molar-refractivity contribution in [2.24, 2.45) is 5.73 Å². The van der Waals surface area contributed by atoms with Gasteiger partial charge in [0.25, 0.3) is 0 Å². The van der Waals surface area contributed by atoms with E-state index in [4.69, 9.17) is 18.0 Å². The first kappa shape index (κ1) is 14.4. The molecule has 104 valence electrons. The minimum Gasteiger partial charge on any atom is -0.393 e. The molecule has 0 aliphatic carbocycles. The van der Waals surface area contributed by atoms with E-state index in [1.165, 1.54) is 0 Å². The molecule has 4 nitrogen and oxygen atoms in total. The van der Waals surface area contributed by atoms with Gasteiger partial charge in [0.05, 0.1) is 9.88 Å². The molecule has 1 fully saturated rings. The molecule has 0 bridgehead atoms. The highest BCUT2D eigenvalue weighted by molar-refractivity contribution is 7.89. The first-order chi connectivity index (χ1) is 9.00. The Labute approximate surface area is 119 Å². The van der Waals surface area contributed by atoms with Gasteiger partial charge in [-0.25, -0.2) is 8.42 Å². The third-order valence-electron chi connectivity index (χ3n) is 3.25. The first-order valence-corrected chi connectivity index (χ1v) is 8.22. The number of nitrogens with two attached hydrogens (primary N) is 1. The average Bonchev–Trinajstić information content (AvgIpc) is 2.40. The van der Waals surface area contributed by atoms with E-state index in [1.807, 2.05) is 0 Å². The van der Waals surface area contributed by atoms with Crippen LogP contribution in [0.4, 0.5) is 0 Å². The smallest absolute Gasteiger partial charge is 0.243 e. The first-order valence-electron chi connectivity index (χ1n) is 6.37. The summed E-state index contributed by atoms with van der Waals surface area (Å²) < 4.78 is 26.4. The van der Waals surface area contributed by atoms with Crippen molar-refractivity contribution in [2.45, 2.75) is 30.6 Å². The Morgan fingerprint density at radius 1 is 1.16 bits per heavy atom. The summed E-state index contributed by atoms with van der Waals surface area (Å²) in [6.07, 6.45) is 3.50. The molecule has 1 aliphatic heterocycles. The molecule has 0 amide bonds. The normalized spacial score (nSPS) is 17.3. The number of hydrogen-bond donors (Lipinski definition) is 1. The fraction of sp³-hybridized carbons (Fsp3) is 0.462. The molecule has 0 radical (unpaired) electrons. The van der Waals surface area contributed by atoms with Crippen molar-refractivity contribution in [3.63, 3.8) is 0 Å². The second-order valence-corrected chi connectivity index (χ2v) is 7.21. The molecule has 1 aromatic rings. The van der Waals surface area contributed by atoms with Crippen LogP contribution < -0.4 is 5.73 Å². The second kappa shape index (κ2) is 5.98. The van der Waals surface area contributed by atoms with Gasteiger partial charge in [-0.1, -0.05) is 30.8 Å². The van der Waals surface area contributed by atoms with Crippen LogP contribution in [0.2, 0.25) is 0 Å². The van der Waals surface area contributed by atoms with E-state index < -0.39 is 10.0 Å². The fourth-order valence-electron chi connectivity index (χ4n) is 2.23. The number of thiocarbonyl (C=S) groups is 1. The van der Waals surface area contributed by atoms with Gasteiger partial charge in [0.15, 0.2) is 0 Å². The summed E-state index contributed by atoms with van der Waals surface area (Å²) in [5.74, 6) is 0. The quantitative estimate of drug-likeness (QED) is 0.859. The molecule has 6 heteroatoms. The lowest BCUT2D eigenvalue weighted by Gasteiger charge is -2.25. The lowest BCUT2D eigenvalue weighted by Crippen LogP contribution is -2.35. The molecule has 0 spiro atoms. The predicted octanol–water partition coefficient (Wildman–Crippen LogP) is 1.69. The van der Waals surface area contributed by atoms with Crippen LogP contribution >= 0.6 is 12.2 Å². The zero-order valence-corrected chi connectivity index (χ0v) is 12.3. The maximum Gasteiger partial charge on any atom is 0.243 e. The predicted molar refractivity (Wildman–Crippen MR) is 79.5 cm³/mol. The summed E-state index contributed by atoms with van der Waals surface area (Å²) in [4.78, 5) is 0.757. The maximum absolute atomic E-state index is 12.4. The van der Waals surface area contributed by atoms with E-state index >= 15 is 0 Å². The minimum atomic E-state index is -3.34. The molecule has 1 aliphatic rings. The molecule has 0 atom stereocenters. The Morgan fingerprint density at radius 3 is 2.26 bits per heavy atom. The standard InChI is InChI=1S/C13H18N2O2S2/c14-13(18)10-11-4-6-12(7-5-11)19(16,17)15-8-2-1-3-9-15/h4-7H,1-3,8-10H2,(H2,14,18). The molecule has 2 rings (SSSR count). The van der Waals surface area contributed by atoms with Gasteiger partial charge in [-0.2, -0.15) is 4.31 Å². The largest absolute Gasteiger partial charge is 0.393 e. The van der Waals surface area contributed by atoms with Crippen LogP contribution in [0.15, 0.2) is 29.2 Å². The van der Waals surface area contributed by atoms with Crippen LogP contribution in [0.5, 0.6) is 0 Å². The van der Waals surface area contributed by atoms with Crippen molar-refractivity contribution in [2.75, 3.05) is 13.1 Å². The van der Waals surface area contributed by atoms with E-state index in [1.54, 1.807) is 28.6 Å². The Bertz CT molecular complexity index is 547. The Balaban J connectivity index is 2.18. The van der Waals surface area contributed by atoms with Gasteiger partial charge >= 0.3 is 0 Å². The molecule has 19 heavy (non-hydrogen) atoms. The van der Waals surface area contributed by atoms with Crippen molar-refractivity contribution in [3.05, 3.63) is 29.8 Å². The van der Waals surface area contributed by atoms with E-state index in [2.05, 4.69) is 0 Å². The topological polar surface area (TPSA) is 63.4 Å². The van der Waals surface area contributed by atoms with Gasteiger partial charge in [-0.3, -0.25) is 0 Å². The molecular weight excluding hydrogens is 280 g/mol. The molecular formula is C13H18N2O2S2. The highest BCUT2D eigenvalue weighted by Gasteiger charge is 2.25. The molecule has 0 unspecified atom stereocenters. The number of hydrogen-bond acceptors (Lipinski definition) is 3. The summed E-state index contributed by atoms with van der Waals surface area (Å²) in [6.45, 7) is 1.24. The van der Waals surface area contributed by atoms with Crippen LogP contribution in [-0.4, -0.2) is 30.8 Å². The lowest BCUT2D eigenvalue weighted by molar-refractivity contribution is 0.346. The number of benzene rings is 1. The molecule has 0 aromatic heterocycles. The zero-order valence-electron chi connectivity index (χ0n) is 10.7. The molecule has 0 saturated carbocycles. The van der Waals surface area contributed by atoms with Crippen molar-refractivity contribution >= 4 is 27.2 Å². The van der Waals surface area contributed by atoms with E-state index in [0.717, 1.165) is 24.8 Å². The van der Waals surface area contributed by atoms with Crippen molar-refractivity contribution in [1.29, 1.82) is 0 Å². The third kappa shape index (κ3) is 3.52. The molecule has 1 heterocycles. The van der Waals surface area contributed by atoms with E-state index in [9.17, 15) is 8.42 Å². The van der Waals surface area contributed by atoms with Gasteiger partial charge in [0.2, 0.25) is 10.0 Å². The van der Waals surface area contributed by atoms with Crippen molar-refractivity contribution < 1.29 is 8.42 Å². The molecule has 2 N–H and O–H groups in total. The summed E-state index contributed by atoms with van der Waals surface area (Å²) in [5, 5.41) is 0. The number of nitrogens with zero attached hydrogens (tertiary/aromatic N) is 1. The molecule has 1 aromatic carbocycles. The monoisotopic (exact) mass is 298 g/mol. The van der Waals surface area contributed by atoms with Crippen LogP contribution in [0.1, 0.15) is 24.8 Å². The van der Waals surface area contributed by atoms with Crippen LogP contribution in [-0.2, 0) is 16.4 Å². The number of piperidine rings is 1. The van der Waals surface area contributed by atoms with Gasteiger partial charge in [-0.15, -0.1) is 0 Å². The average molecular weight is 298 g/mol. The van der Waals surface area contributed by atoms with Gasteiger partial charge in [-0.05, 0) is 30.5 Å². The van der Waals surface area contributed by atoms with Crippen molar-refractivity contribution in [1.82, 2.24) is 4.31 Å². The van der Waals surface area contributed by atoms with E-state index in [0.29, 0.717) is 29.4 Å². The summed E-state index contributed by atoms with van der Waals surface area (Å²) >= 11 is 4.84. The highest BCUT2D eigenvalue weighted by Crippen LogP contribution is 2.20. The van der Waals surface area contributed by atoms with E-state index in [-0.39, 0.29) is 0 Å². The van der Waals surface area contributed by atoms with Gasteiger partial charge < -0.3 is 5.73 Å².